The predicted molar refractivity (Wildman–Crippen MR) is 108 cm³/mol. The molecule has 0 bridgehead atoms. The van der Waals surface area contributed by atoms with Crippen LogP contribution < -0.4 is 0 Å². The molecule has 1 aliphatic rings. The number of benzene rings is 2. The van der Waals surface area contributed by atoms with Gasteiger partial charge in [0.05, 0.1) is 12.2 Å². The molecule has 2 N–H and O–H groups in total. The fourth-order valence-electron chi connectivity index (χ4n) is 3.68. The molecule has 1 amide bonds. The van der Waals surface area contributed by atoms with Crippen molar-refractivity contribution in [1.82, 2.24) is 4.90 Å². The Kier molecular flexibility index (Phi) is 6.30. The fraction of sp³-hybridized carbons (Fsp3) is 0.435. The number of hydrogen-bond acceptors (Lipinski definition) is 3. The van der Waals surface area contributed by atoms with Gasteiger partial charge in [0.15, 0.2) is 0 Å². The summed E-state index contributed by atoms with van der Waals surface area (Å²) in [6, 6.07) is 16.3. The number of aryl methyl sites for hydroxylation is 1. The molecule has 0 saturated carbocycles. The van der Waals surface area contributed by atoms with Crippen molar-refractivity contribution in [3.05, 3.63) is 59.7 Å². The summed E-state index contributed by atoms with van der Waals surface area (Å²) < 4.78 is 0. The highest BCUT2D eigenvalue weighted by Crippen LogP contribution is 2.24. The van der Waals surface area contributed by atoms with Crippen LogP contribution >= 0.6 is 0 Å². The van der Waals surface area contributed by atoms with Crippen LogP contribution in [0.25, 0.3) is 11.1 Å². The second-order valence-corrected chi connectivity index (χ2v) is 7.55. The van der Waals surface area contributed by atoms with Gasteiger partial charge in [-0.1, -0.05) is 49.7 Å². The lowest BCUT2D eigenvalue weighted by molar-refractivity contribution is -0.0250. The predicted octanol–water partition coefficient (Wildman–Crippen LogP) is 3.66. The smallest absolute Gasteiger partial charge is 0.253 e. The Hall–Kier alpha value is -2.17. The Morgan fingerprint density at radius 2 is 1.63 bits per heavy atom. The fourth-order valence-corrected chi connectivity index (χ4v) is 3.68. The molecule has 0 radical (unpaired) electrons. The van der Waals surface area contributed by atoms with Gasteiger partial charge in [-0.05, 0) is 54.5 Å². The van der Waals surface area contributed by atoms with Crippen LogP contribution in [0.15, 0.2) is 48.5 Å². The van der Waals surface area contributed by atoms with Gasteiger partial charge < -0.3 is 15.1 Å². The lowest BCUT2D eigenvalue weighted by Crippen LogP contribution is -2.36. The van der Waals surface area contributed by atoms with Gasteiger partial charge in [0.1, 0.15) is 0 Å². The molecule has 144 valence electrons. The third-order valence-electron chi connectivity index (χ3n) is 5.46. The third kappa shape index (κ3) is 4.76. The van der Waals surface area contributed by atoms with Crippen LogP contribution in [0, 0.1) is 0 Å². The number of aliphatic hydroxyl groups is 2. The zero-order valence-electron chi connectivity index (χ0n) is 16.0. The SMILES string of the molecule is CCCc1ccc(-c2ccc(C(=O)N3CCC[C@@](O)(CO)CC3)cc2)cc1. The van der Waals surface area contributed by atoms with Gasteiger partial charge in [-0.3, -0.25) is 4.79 Å². The van der Waals surface area contributed by atoms with Gasteiger partial charge >= 0.3 is 0 Å². The summed E-state index contributed by atoms with van der Waals surface area (Å²) in [5.74, 6) is -0.0120. The quantitative estimate of drug-likeness (QED) is 0.848. The van der Waals surface area contributed by atoms with Crippen molar-refractivity contribution in [2.45, 2.75) is 44.6 Å². The number of nitrogens with zero attached hydrogens (tertiary/aromatic N) is 1. The van der Waals surface area contributed by atoms with Crippen LogP contribution in [-0.2, 0) is 6.42 Å². The maximum absolute atomic E-state index is 12.8. The van der Waals surface area contributed by atoms with Gasteiger partial charge in [0.25, 0.3) is 5.91 Å². The molecule has 1 aliphatic heterocycles. The van der Waals surface area contributed by atoms with Gasteiger partial charge in [0, 0.05) is 18.7 Å². The standard InChI is InChI=1S/C23H29NO3/c1-2-4-18-5-7-19(8-6-18)20-9-11-21(12-10-20)22(26)24-15-3-13-23(27,17-25)14-16-24/h5-12,25,27H,2-4,13-17H2,1H3/t23-/m0/s1. The van der Waals surface area contributed by atoms with E-state index in [1.165, 1.54) is 5.56 Å². The lowest BCUT2D eigenvalue weighted by Gasteiger charge is -2.24. The highest BCUT2D eigenvalue weighted by molar-refractivity contribution is 5.94. The van der Waals surface area contributed by atoms with Crippen LogP contribution in [0.4, 0.5) is 0 Å². The van der Waals surface area contributed by atoms with Gasteiger partial charge in [-0.15, -0.1) is 0 Å². The average molecular weight is 367 g/mol. The Morgan fingerprint density at radius 1 is 1.00 bits per heavy atom. The molecule has 1 saturated heterocycles. The minimum Gasteiger partial charge on any atom is -0.393 e. The van der Waals surface area contributed by atoms with Crippen molar-refractivity contribution < 1.29 is 15.0 Å². The van der Waals surface area contributed by atoms with E-state index in [4.69, 9.17) is 0 Å². The van der Waals surface area contributed by atoms with Crippen molar-refractivity contribution in [3.63, 3.8) is 0 Å². The molecule has 2 aromatic rings. The number of carbonyl (C=O) groups is 1. The Labute approximate surface area is 161 Å². The molecule has 0 spiro atoms. The van der Waals surface area contributed by atoms with Crippen molar-refractivity contribution in [3.8, 4) is 11.1 Å². The number of likely N-dealkylation sites (tertiary alicyclic amines) is 1. The molecule has 1 atom stereocenters. The summed E-state index contributed by atoms with van der Waals surface area (Å²) in [5.41, 5.74) is 3.20. The zero-order valence-corrected chi connectivity index (χ0v) is 16.0. The Morgan fingerprint density at radius 3 is 2.22 bits per heavy atom. The number of carbonyl (C=O) groups excluding carboxylic acids is 1. The first-order valence-corrected chi connectivity index (χ1v) is 9.86. The molecule has 0 aromatic heterocycles. The third-order valence-corrected chi connectivity index (χ3v) is 5.46. The molecule has 27 heavy (non-hydrogen) atoms. The van der Waals surface area contributed by atoms with Gasteiger partial charge in [-0.2, -0.15) is 0 Å². The van der Waals surface area contributed by atoms with Crippen molar-refractivity contribution in [1.29, 1.82) is 0 Å². The first-order valence-electron chi connectivity index (χ1n) is 9.86. The number of amides is 1. The normalized spacial score (nSPS) is 20.3. The second-order valence-electron chi connectivity index (χ2n) is 7.55. The molecule has 1 fully saturated rings. The Bertz CT molecular complexity index is 754. The van der Waals surface area contributed by atoms with Crippen LogP contribution in [0.2, 0.25) is 0 Å². The molecular weight excluding hydrogens is 338 g/mol. The molecule has 2 aromatic carbocycles. The topological polar surface area (TPSA) is 60.8 Å². The summed E-state index contributed by atoms with van der Waals surface area (Å²) in [7, 11) is 0. The maximum Gasteiger partial charge on any atom is 0.253 e. The van der Waals surface area contributed by atoms with E-state index in [1.807, 2.05) is 24.3 Å². The Balaban J connectivity index is 1.68. The number of rotatable bonds is 5. The largest absolute Gasteiger partial charge is 0.393 e. The average Bonchev–Trinajstić information content (AvgIpc) is 2.91. The molecular formula is C23H29NO3. The molecule has 0 unspecified atom stereocenters. The van der Waals surface area contributed by atoms with E-state index in [2.05, 4.69) is 31.2 Å². The van der Waals surface area contributed by atoms with Crippen LogP contribution in [0.3, 0.4) is 0 Å². The van der Waals surface area contributed by atoms with E-state index in [0.29, 0.717) is 37.9 Å². The maximum atomic E-state index is 12.8. The van der Waals surface area contributed by atoms with Gasteiger partial charge in [-0.25, -0.2) is 0 Å². The molecule has 4 heteroatoms. The summed E-state index contributed by atoms with van der Waals surface area (Å²) >= 11 is 0. The monoisotopic (exact) mass is 367 g/mol. The minimum atomic E-state index is -1.05. The van der Waals surface area contributed by atoms with Crippen LogP contribution in [-0.4, -0.2) is 46.3 Å². The zero-order chi connectivity index (χ0) is 19.3. The van der Waals surface area contributed by atoms with Crippen molar-refractivity contribution in [2.75, 3.05) is 19.7 Å². The highest BCUT2D eigenvalue weighted by Gasteiger charge is 2.31. The van der Waals surface area contributed by atoms with E-state index in [9.17, 15) is 15.0 Å². The molecule has 1 heterocycles. The second kappa shape index (κ2) is 8.68. The van der Waals surface area contributed by atoms with Crippen LogP contribution in [0.5, 0.6) is 0 Å². The summed E-state index contributed by atoms with van der Waals surface area (Å²) in [6.45, 7) is 3.01. The van der Waals surface area contributed by atoms with Gasteiger partial charge in [0.2, 0.25) is 0 Å². The van der Waals surface area contributed by atoms with E-state index in [-0.39, 0.29) is 12.5 Å². The minimum absolute atomic E-state index is 0.0120. The molecule has 3 rings (SSSR count). The summed E-state index contributed by atoms with van der Waals surface area (Å²) in [6.07, 6.45) is 3.87. The molecule has 4 nitrogen and oxygen atoms in total. The first-order chi connectivity index (χ1) is 13.0. The van der Waals surface area contributed by atoms with Crippen molar-refractivity contribution in [2.24, 2.45) is 0 Å². The van der Waals surface area contributed by atoms with Crippen molar-refractivity contribution >= 4 is 5.91 Å². The highest BCUT2D eigenvalue weighted by atomic mass is 16.3. The van der Waals surface area contributed by atoms with E-state index >= 15 is 0 Å². The number of hydrogen-bond donors (Lipinski definition) is 2. The molecule has 0 aliphatic carbocycles. The summed E-state index contributed by atoms with van der Waals surface area (Å²) in [4.78, 5) is 14.6. The first kappa shape index (κ1) is 19.6. The van der Waals surface area contributed by atoms with E-state index in [1.54, 1.807) is 4.90 Å². The summed E-state index contributed by atoms with van der Waals surface area (Å²) in [5, 5.41) is 19.6. The van der Waals surface area contributed by atoms with E-state index in [0.717, 1.165) is 24.0 Å². The van der Waals surface area contributed by atoms with Crippen LogP contribution in [0.1, 0.15) is 48.5 Å². The van der Waals surface area contributed by atoms with E-state index < -0.39 is 5.60 Å². The number of aliphatic hydroxyl groups excluding tert-OH is 1. The lowest BCUT2D eigenvalue weighted by atomic mass is 9.96.